The first kappa shape index (κ1) is 18.1. The van der Waals surface area contributed by atoms with E-state index in [9.17, 15) is 4.79 Å². The van der Waals surface area contributed by atoms with E-state index < -0.39 is 0 Å². The van der Waals surface area contributed by atoms with Gasteiger partial charge in [-0.15, -0.1) is 11.3 Å². The largest absolute Gasteiger partial charge is 0.355 e. The van der Waals surface area contributed by atoms with Crippen LogP contribution in [0.2, 0.25) is 0 Å². The maximum Gasteiger partial charge on any atom is 0.263 e. The predicted molar refractivity (Wildman–Crippen MR) is 106 cm³/mol. The molecule has 134 valence electrons. The Balaban J connectivity index is 1.71. The molecule has 0 radical (unpaired) electrons. The zero-order valence-corrected chi connectivity index (χ0v) is 16.0. The van der Waals surface area contributed by atoms with Crippen LogP contribution in [0.1, 0.15) is 31.5 Å². The maximum atomic E-state index is 12.4. The fraction of sp³-hybridized carbons (Fsp3) is 0.250. The lowest BCUT2D eigenvalue weighted by atomic mass is 10.2. The van der Waals surface area contributed by atoms with Crippen molar-refractivity contribution >= 4 is 23.1 Å². The molecule has 0 unspecified atom stereocenters. The lowest BCUT2D eigenvalue weighted by Gasteiger charge is -2.21. The zero-order chi connectivity index (χ0) is 18.5. The number of carbonyl (C=O) groups excluding carboxylic acids is 1. The highest BCUT2D eigenvalue weighted by Crippen LogP contribution is 2.20. The number of nitrogens with one attached hydrogen (secondary N) is 1. The molecule has 1 N–H and O–H groups in total. The molecule has 6 heteroatoms. The molecule has 2 aromatic heterocycles. The molecule has 26 heavy (non-hydrogen) atoms. The number of nitrogens with zero attached hydrogens (tertiary/aromatic N) is 3. The molecule has 0 fully saturated rings. The Bertz CT molecular complexity index is 892. The van der Waals surface area contributed by atoms with Crippen LogP contribution >= 0.6 is 11.3 Å². The van der Waals surface area contributed by atoms with E-state index in [-0.39, 0.29) is 5.91 Å². The van der Waals surface area contributed by atoms with Gasteiger partial charge in [-0.1, -0.05) is 36.4 Å². The average molecular weight is 366 g/mol. The van der Waals surface area contributed by atoms with Gasteiger partial charge in [0.1, 0.15) is 10.7 Å². The van der Waals surface area contributed by atoms with Gasteiger partial charge in [-0.2, -0.15) is 0 Å². The Morgan fingerprint density at radius 1 is 1.15 bits per heavy atom. The summed E-state index contributed by atoms with van der Waals surface area (Å²) in [5.74, 6) is 0.780. The van der Waals surface area contributed by atoms with Gasteiger partial charge in [0.15, 0.2) is 0 Å². The third-order valence-corrected chi connectivity index (χ3v) is 5.11. The Hall–Kier alpha value is -2.73. The van der Waals surface area contributed by atoms with Gasteiger partial charge in [0.25, 0.3) is 5.91 Å². The maximum absolute atomic E-state index is 12.4. The Kier molecular flexibility index (Phi) is 5.63. The fourth-order valence-corrected chi connectivity index (χ4v) is 3.68. The molecular formula is C20H22N4OS. The SMILES string of the molecule is Cc1nc(C)c(C(=O)NCc2cccnc2N(C)Cc2ccccc2)s1. The van der Waals surface area contributed by atoms with E-state index in [0.717, 1.165) is 28.6 Å². The molecule has 3 rings (SSSR count). The highest BCUT2D eigenvalue weighted by Gasteiger charge is 2.15. The highest BCUT2D eigenvalue weighted by atomic mass is 32.1. The number of aromatic nitrogens is 2. The average Bonchev–Trinajstić information content (AvgIpc) is 2.99. The smallest absolute Gasteiger partial charge is 0.263 e. The van der Waals surface area contributed by atoms with E-state index in [1.165, 1.54) is 16.9 Å². The normalized spacial score (nSPS) is 10.6. The van der Waals surface area contributed by atoms with E-state index in [1.54, 1.807) is 6.20 Å². The lowest BCUT2D eigenvalue weighted by Crippen LogP contribution is -2.25. The van der Waals surface area contributed by atoms with Crippen LogP contribution < -0.4 is 10.2 Å². The summed E-state index contributed by atoms with van der Waals surface area (Å²) >= 11 is 1.42. The molecule has 0 saturated heterocycles. The van der Waals surface area contributed by atoms with Gasteiger partial charge in [-0.3, -0.25) is 4.79 Å². The van der Waals surface area contributed by atoms with Crippen LogP contribution in [0.25, 0.3) is 0 Å². The van der Waals surface area contributed by atoms with Crippen LogP contribution in [0, 0.1) is 13.8 Å². The third kappa shape index (κ3) is 4.26. The minimum atomic E-state index is -0.0892. The van der Waals surface area contributed by atoms with Gasteiger partial charge in [0.2, 0.25) is 0 Å². The molecule has 0 aliphatic rings. The molecule has 2 heterocycles. The standard InChI is InChI=1S/C20H22N4OS/c1-14-18(26-15(2)23-14)20(25)22-12-17-10-7-11-21-19(17)24(3)13-16-8-5-4-6-9-16/h4-11H,12-13H2,1-3H3,(H,22,25). The van der Waals surface area contributed by atoms with Crippen molar-refractivity contribution < 1.29 is 4.79 Å². The van der Waals surface area contributed by atoms with Gasteiger partial charge < -0.3 is 10.2 Å². The molecular weight excluding hydrogens is 344 g/mol. The van der Waals surface area contributed by atoms with Crippen molar-refractivity contribution in [3.63, 3.8) is 0 Å². The van der Waals surface area contributed by atoms with Crippen LogP contribution in [0.4, 0.5) is 5.82 Å². The number of aryl methyl sites for hydroxylation is 2. The number of pyridine rings is 1. The summed E-state index contributed by atoms with van der Waals surface area (Å²) in [6.45, 7) is 4.96. The van der Waals surface area contributed by atoms with Crippen LogP contribution in [-0.4, -0.2) is 22.9 Å². The fourth-order valence-electron chi connectivity index (χ4n) is 2.84. The number of thiazole rings is 1. The summed E-state index contributed by atoms with van der Waals surface area (Å²) in [5.41, 5.74) is 2.97. The quantitative estimate of drug-likeness (QED) is 0.722. The Morgan fingerprint density at radius 3 is 2.62 bits per heavy atom. The van der Waals surface area contributed by atoms with E-state index in [2.05, 4.69) is 32.3 Å². The molecule has 0 aliphatic carbocycles. The Morgan fingerprint density at radius 2 is 1.92 bits per heavy atom. The minimum absolute atomic E-state index is 0.0892. The molecule has 0 saturated carbocycles. The van der Waals surface area contributed by atoms with Gasteiger partial charge in [0.05, 0.1) is 10.7 Å². The third-order valence-electron chi connectivity index (χ3n) is 4.04. The molecule has 0 bridgehead atoms. The van der Waals surface area contributed by atoms with Crippen LogP contribution in [0.15, 0.2) is 48.7 Å². The number of hydrogen-bond acceptors (Lipinski definition) is 5. The van der Waals surface area contributed by atoms with Crippen molar-refractivity contribution in [1.82, 2.24) is 15.3 Å². The molecule has 5 nitrogen and oxygen atoms in total. The van der Waals surface area contributed by atoms with Crippen molar-refractivity contribution in [2.24, 2.45) is 0 Å². The van der Waals surface area contributed by atoms with Crippen molar-refractivity contribution in [1.29, 1.82) is 0 Å². The van der Waals surface area contributed by atoms with Crippen molar-refractivity contribution in [3.05, 3.63) is 75.4 Å². The molecule has 3 aromatic rings. The number of hydrogen-bond donors (Lipinski definition) is 1. The van der Waals surface area contributed by atoms with Gasteiger partial charge in [0, 0.05) is 31.9 Å². The van der Waals surface area contributed by atoms with E-state index in [0.29, 0.717) is 11.4 Å². The second kappa shape index (κ2) is 8.10. The summed E-state index contributed by atoms with van der Waals surface area (Å²) in [6, 6.07) is 14.1. The molecule has 1 amide bonds. The number of benzene rings is 1. The number of anilines is 1. The van der Waals surface area contributed by atoms with Gasteiger partial charge >= 0.3 is 0 Å². The summed E-state index contributed by atoms with van der Waals surface area (Å²) in [4.78, 5) is 24.0. The highest BCUT2D eigenvalue weighted by molar-refractivity contribution is 7.13. The molecule has 1 aromatic carbocycles. The first-order valence-electron chi connectivity index (χ1n) is 8.46. The topological polar surface area (TPSA) is 58.1 Å². The summed E-state index contributed by atoms with van der Waals surface area (Å²) in [7, 11) is 2.01. The van der Waals surface area contributed by atoms with Gasteiger partial charge in [-0.05, 0) is 25.5 Å². The Labute approximate surface area is 157 Å². The van der Waals surface area contributed by atoms with Crippen molar-refractivity contribution in [2.45, 2.75) is 26.9 Å². The molecule has 0 spiro atoms. The zero-order valence-electron chi connectivity index (χ0n) is 15.2. The first-order valence-corrected chi connectivity index (χ1v) is 9.27. The van der Waals surface area contributed by atoms with Crippen LogP contribution in [0.3, 0.4) is 0 Å². The monoisotopic (exact) mass is 366 g/mol. The minimum Gasteiger partial charge on any atom is -0.355 e. The lowest BCUT2D eigenvalue weighted by molar-refractivity contribution is 0.0954. The second-order valence-electron chi connectivity index (χ2n) is 6.16. The summed E-state index contributed by atoms with van der Waals surface area (Å²) in [5, 5.41) is 3.89. The number of amides is 1. The second-order valence-corrected chi connectivity index (χ2v) is 7.36. The van der Waals surface area contributed by atoms with Crippen molar-refractivity contribution in [3.8, 4) is 0 Å². The molecule has 0 atom stereocenters. The molecule has 0 aliphatic heterocycles. The van der Waals surface area contributed by atoms with E-state index in [1.807, 2.05) is 51.2 Å². The van der Waals surface area contributed by atoms with Crippen LogP contribution in [-0.2, 0) is 13.1 Å². The summed E-state index contributed by atoms with van der Waals surface area (Å²) in [6.07, 6.45) is 1.78. The van der Waals surface area contributed by atoms with E-state index >= 15 is 0 Å². The van der Waals surface area contributed by atoms with E-state index in [4.69, 9.17) is 0 Å². The first-order chi connectivity index (χ1) is 12.5. The van der Waals surface area contributed by atoms with Crippen molar-refractivity contribution in [2.75, 3.05) is 11.9 Å². The summed E-state index contributed by atoms with van der Waals surface area (Å²) < 4.78 is 0. The van der Waals surface area contributed by atoms with Gasteiger partial charge in [-0.25, -0.2) is 9.97 Å². The number of carbonyl (C=O) groups is 1. The number of rotatable bonds is 6. The predicted octanol–water partition coefficient (Wildman–Crippen LogP) is 3.72. The van der Waals surface area contributed by atoms with Crippen LogP contribution in [0.5, 0.6) is 0 Å².